The summed E-state index contributed by atoms with van der Waals surface area (Å²) in [5.41, 5.74) is 0. The van der Waals surface area contributed by atoms with Crippen LogP contribution in [-0.4, -0.2) is 15.3 Å². The molecule has 0 fully saturated rings. The van der Waals surface area contributed by atoms with Crippen LogP contribution in [0.1, 0.15) is 0 Å². The molecular weight excluding hydrogens is 433 g/mol. The number of rotatable bonds is 0. The van der Waals surface area contributed by atoms with Crippen LogP contribution in [0.5, 0.6) is 0 Å². The van der Waals surface area contributed by atoms with Gasteiger partial charge in [-0.3, -0.25) is 0 Å². The summed E-state index contributed by atoms with van der Waals surface area (Å²) in [6, 6.07) is 0. The fourth-order valence-electron chi connectivity index (χ4n) is 0. The SMILES string of the molecule is O=[N+]([O-])[O-].O=[N+]([O-])[O-].O=[N+]([O-])[O-].[Cm+3]. The molecule has 0 aromatic carbocycles. The van der Waals surface area contributed by atoms with Crippen LogP contribution in [0.3, 0.4) is 0 Å². The third kappa shape index (κ3) is 32.4. The van der Waals surface area contributed by atoms with E-state index >= 15 is 0 Å². The van der Waals surface area contributed by atoms with Crippen molar-refractivity contribution in [1.29, 1.82) is 0 Å². The van der Waals surface area contributed by atoms with Gasteiger partial charge < -0.3 is 46.0 Å². The van der Waals surface area contributed by atoms with Crippen LogP contribution in [0.2, 0.25) is 0 Å². The van der Waals surface area contributed by atoms with Crippen molar-refractivity contribution in [3.63, 3.8) is 0 Å². The number of hydrogen-bond donors (Lipinski definition) is 0. The Morgan fingerprint density at radius 3 is 0.538 bits per heavy atom. The van der Waals surface area contributed by atoms with Crippen LogP contribution in [0.4, 0.5) is 0 Å². The summed E-state index contributed by atoms with van der Waals surface area (Å²) >= 11 is 0. The summed E-state index contributed by atoms with van der Waals surface area (Å²) < 4.78 is 0. The minimum absolute atomic E-state index is 0. The molecule has 13 heteroatoms. The molecule has 77 valence electrons. The molecule has 0 aromatic heterocycles. The molecular formula is CmN3O9. The van der Waals surface area contributed by atoms with Crippen molar-refractivity contribution < 1.29 is 15.3 Å². The topological polar surface area (TPSA) is 199 Å². The van der Waals surface area contributed by atoms with Gasteiger partial charge in [0.05, 0.1) is 15.3 Å². The van der Waals surface area contributed by atoms with Gasteiger partial charge in [0.2, 0.25) is 0 Å². The second kappa shape index (κ2) is 15.8. The fourth-order valence-corrected chi connectivity index (χ4v) is 0. The van der Waals surface area contributed by atoms with Gasteiger partial charge in [0.15, 0.2) is 0 Å². The van der Waals surface area contributed by atoms with E-state index in [4.69, 9.17) is 46.0 Å². The zero-order chi connectivity index (χ0) is 10.7. The molecule has 0 amide bonds. The molecule has 0 spiro atoms. The predicted octanol–water partition coefficient (Wildman–Crippen LogP) is -0.717. The molecule has 0 aliphatic heterocycles. The maximum atomic E-state index is 8.25. The van der Waals surface area contributed by atoms with Crippen molar-refractivity contribution >= 4 is 0 Å². The van der Waals surface area contributed by atoms with Gasteiger partial charge >= 0.3 is 0 Å². The molecule has 0 saturated heterocycles. The number of hydrogen-bond acceptors (Lipinski definition) is 9. The zero-order valence-electron chi connectivity index (χ0n) is 5.37. The molecule has 0 rings (SSSR count). The van der Waals surface area contributed by atoms with Crippen molar-refractivity contribution in [1.82, 2.24) is 0 Å². The first-order valence-electron chi connectivity index (χ1n) is 1.64. The first-order chi connectivity index (χ1) is 5.20. The average molecular weight is 433 g/mol. The summed E-state index contributed by atoms with van der Waals surface area (Å²) in [4.78, 5) is 24.8. The van der Waals surface area contributed by atoms with E-state index in [1.54, 1.807) is 0 Å². The second-order valence-corrected chi connectivity index (χ2v) is 0.671. The minimum Gasteiger partial charge on any atom is -0.356 e. The Morgan fingerprint density at radius 2 is 0.538 bits per heavy atom. The third-order valence-electron chi connectivity index (χ3n) is 0. The minimum atomic E-state index is -1.75. The van der Waals surface area contributed by atoms with Crippen molar-refractivity contribution in [2.24, 2.45) is 0 Å². The van der Waals surface area contributed by atoms with E-state index in [-0.39, 0.29) is 0 Å². The molecule has 0 aliphatic rings. The van der Waals surface area contributed by atoms with Gasteiger partial charge in [-0.25, -0.2) is 0 Å². The summed E-state index contributed by atoms with van der Waals surface area (Å²) in [5.74, 6) is 0. The van der Waals surface area contributed by atoms with Gasteiger partial charge in [0.1, 0.15) is 0 Å². The predicted molar refractivity (Wildman–Crippen MR) is 31.1 cm³/mol. The Labute approximate surface area is 62.6 Å². The van der Waals surface area contributed by atoms with E-state index in [0.717, 1.165) is 0 Å². The largest absolute Gasteiger partial charge is 3.00 e. The van der Waals surface area contributed by atoms with Gasteiger partial charge in [0.25, 0.3) is 0 Å². The molecule has 0 N–H and O–H groups in total. The summed E-state index contributed by atoms with van der Waals surface area (Å²) in [6.45, 7) is 0. The van der Waals surface area contributed by atoms with E-state index in [0.29, 0.717) is 0 Å². The van der Waals surface area contributed by atoms with E-state index in [9.17, 15) is 0 Å². The molecule has 0 unspecified atom stereocenters. The molecule has 0 bridgehead atoms. The van der Waals surface area contributed by atoms with Crippen molar-refractivity contribution in [3.05, 3.63) is 46.0 Å². The second-order valence-electron chi connectivity index (χ2n) is 0.671. The van der Waals surface area contributed by atoms with Gasteiger partial charge in [0, 0.05) is 0 Å². The standard InChI is InChI=1S/Cm.3NO3/c;3*2-1(3)4/q+3;3*-1. The quantitative estimate of drug-likeness (QED) is 0.349. The molecule has 12 nitrogen and oxygen atoms in total. The molecule has 1 radical (unpaired) electrons. The van der Waals surface area contributed by atoms with Gasteiger partial charge in [-0.2, -0.15) is 0 Å². The first-order valence-corrected chi connectivity index (χ1v) is 1.64. The first kappa shape index (κ1) is 22.6. The zero-order valence-corrected chi connectivity index (χ0v) is 8.31. The Bertz CT molecular complexity index is 112. The van der Waals surface area contributed by atoms with Crippen molar-refractivity contribution in [3.8, 4) is 0 Å². The molecule has 0 atom stereocenters. The van der Waals surface area contributed by atoms with Gasteiger partial charge in [-0.1, -0.05) is 0 Å². The van der Waals surface area contributed by atoms with Gasteiger partial charge in [-0.15, -0.1) is 0 Å². The summed E-state index contributed by atoms with van der Waals surface area (Å²) in [6.07, 6.45) is 0. The van der Waals surface area contributed by atoms with Crippen molar-refractivity contribution in [2.45, 2.75) is 0 Å². The molecule has 0 saturated carbocycles. The fraction of sp³-hybridized carbons (Fsp3) is 0. The number of nitrogens with zero attached hydrogens (tertiary/aromatic N) is 3. The Hall–Kier alpha value is -3.40. The van der Waals surface area contributed by atoms with Crippen LogP contribution in [-0.2, 0) is 0 Å². The van der Waals surface area contributed by atoms with Crippen LogP contribution >= 0.6 is 0 Å². The van der Waals surface area contributed by atoms with E-state index < -0.39 is 15.3 Å². The molecule has 13 heavy (non-hydrogen) atoms. The van der Waals surface area contributed by atoms with E-state index in [1.807, 2.05) is 0 Å². The molecule has 0 aliphatic carbocycles. The Kier molecular flexibility index (Phi) is 27.6. The normalized spacial score (nSPS) is 5.54. The average Bonchev–Trinajstić information content (AvgIpc) is 1.54. The van der Waals surface area contributed by atoms with Crippen LogP contribution in [0.15, 0.2) is 0 Å². The molecule has 0 aromatic rings. The summed E-state index contributed by atoms with van der Waals surface area (Å²) in [7, 11) is 0. The monoisotopic (exact) mass is 429 g/mol. The smallest absolute Gasteiger partial charge is 0.356 e. The maximum Gasteiger partial charge on any atom is 3.00 e. The third-order valence-corrected chi connectivity index (χ3v) is 0. The molecule has 0 heterocycles. The Morgan fingerprint density at radius 1 is 0.538 bits per heavy atom. The maximum absolute atomic E-state index is 8.25. The van der Waals surface area contributed by atoms with E-state index in [1.165, 1.54) is 0 Å². The van der Waals surface area contributed by atoms with Crippen molar-refractivity contribution in [2.75, 3.05) is 0 Å². The Balaban J connectivity index is -0.0000000450. The van der Waals surface area contributed by atoms with Crippen LogP contribution < -0.4 is 0 Å². The van der Waals surface area contributed by atoms with Gasteiger partial charge in [-0.05, 0) is 0 Å². The van der Waals surface area contributed by atoms with Crippen LogP contribution in [0.25, 0.3) is 0 Å². The van der Waals surface area contributed by atoms with E-state index in [2.05, 4.69) is 0 Å². The summed E-state index contributed by atoms with van der Waals surface area (Å²) in [5, 5.41) is 44.2. The van der Waals surface area contributed by atoms with Crippen LogP contribution in [0, 0.1) is 46.0 Å².